The molecule has 5 heteroatoms. The van der Waals surface area contributed by atoms with Gasteiger partial charge in [-0.1, -0.05) is 36.4 Å². The fourth-order valence-electron chi connectivity index (χ4n) is 1.60. The Morgan fingerprint density at radius 1 is 0.950 bits per heavy atom. The molecule has 0 spiro atoms. The van der Waals surface area contributed by atoms with E-state index in [1.807, 2.05) is 0 Å². The number of halogens is 1. The molecular formula is C15H13FO4. The van der Waals surface area contributed by atoms with Crippen molar-refractivity contribution in [2.24, 2.45) is 0 Å². The molecule has 0 aliphatic carbocycles. The Hall–Kier alpha value is -2.56. The Bertz CT molecular complexity index is 515. The number of carboxylic acid groups (broad SMARTS) is 1. The van der Waals surface area contributed by atoms with E-state index in [4.69, 9.17) is 14.6 Å². The number of carbonyl (C=O) groups is 1. The maximum Gasteiger partial charge on any atom is 0.418 e. The first-order valence-corrected chi connectivity index (χ1v) is 5.96. The second-order valence-electron chi connectivity index (χ2n) is 4.06. The van der Waals surface area contributed by atoms with Crippen molar-refractivity contribution >= 4 is 5.97 Å². The van der Waals surface area contributed by atoms with Crippen molar-refractivity contribution in [2.75, 3.05) is 0 Å². The monoisotopic (exact) mass is 276 g/mol. The van der Waals surface area contributed by atoms with E-state index in [0.29, 0.717) is 0 Å². The standard InChI is InChI=1S/C15H13FO4/c16-15(11-14(17)18,19-12-7-3-1-4-8-12)20-13-9-5-2-6-10-13/h1-10H,11H2,(H,17,18). The van der Waals surface area contributed by atoms with Crippen LogP contribution < -0.4 is 9.47 Å². The van der Waals surface area contributed by atoms with E-state index < -0.39 is 18.4 Å². The number of hydrogen-bond donors (Lipinski definition) is 1. The van der Waals surface area contributed by atoms with Gasteiger partial charge in [-0.05, 0) is 24.3 Å². The summed E-state index contributed by atoms with van der Waals surface area (Å²) in [6.45, 7) is 0. The summed E-state index contributed by atoms with van der Waals surface area (Å²) in [4.78, 5) is 10.8. The first kappa shape index (κ1) is 13.9. The van der Waals surface area contributed by atoms with Crippen LogP contribution in [0.1, 0.15) is 6.42 Å². The van der Waals surface area contributed by atoms with Gasteiger partial charge in [0.2, 0.25) is 0 Å². The van der Waals surface area contributed by atoms with Crippen molar-refractivity contribution in [2.45, 2.75) is 12.5 Å². The minimum absolute atomic E-state index is 0.187. The molecule has 4 nitrogen and oxygen atoms in total. The van der Waals surface area contributed by atoms with E-state index >= 15 is 0 Å². The van der Waals surface area contributed by atoms with Gasteiger partial charge < -0.3 is 14.6 Å². The Kier molecular flexibility index (Phi) is 4.20. The molecule has 0 heterocycles. The largest absolute Gasteiger partial charge is 0.481 e. The lowest BCUT2D eigenvalue weighted by Crippen LogP contribution is -2.39. The SMILES string of the molecule is O=C(O)CC(F)(Oc1ccccc1)Oc1ccccc1. The van der Waals surface area contributed by atoms with Crippen molar-refractivity contribution < 1.29 is 23.8 Å². The van der Waals surface area contributed by atoms with Crippen molar-refractivity contribution in [1.82, 2.24) is 0 Å². The molecule has 2 aromatic carbocycles. The third-order valence-corrected chi connectivity index (χ3v) is 2.39. The minimum Gasteiger partial charge on any atom is -0.481 e. The van der Waals surface area contributed by atoms with E-state index in [-0.39, 0.29) is 11.5 Å². The zero-order chi connectivity index (χ0) is 14.4. The molecule has 104 valence electrons. The van der Waals surface area contributed by atoms with Crippen molar-refractivity contribution in [3.8, 4) is 11.5 Å². The third-order valence-electron chi connectivity index (χ3n) is 2.39. The summed E-state index contributed by atoms with van der Waals surface area (Å²) >= 11 is 0. The highest BCUT2D eigenvalue weighted by Gasteiger charge is 2.38. The highest BCUT2D eigenvalue weighted by Crippen LogP contribution is 2.26. The molecule has 0 atom stereocenters. The summed E-state index contributed by atoms with van der Waals surface area (Å²) in [5, 5.41) is 8.81. The topological polar surface area (TPSA) is 55.8 Å². The molecule has 0 saturated carbocycles. The van der Waals surface area contributed by atoms with Crippen LogP contribution in [0, 0.1) is 0 Å². The molecule has 0 unspecified atom stereocenters. The number of rotatable bonds is 6. The molecule has 0 aliphatic heterocycles. The minimum atomic E-state index is -2.77. The molecule has 2 aromatic rings. The van der Waals surface area contributed by atoms with E-state index in [0.717, 1.165) is 0 Å². The molecule has 0 aliphatic rings. The Labute approximate surface area is 115 Å². The van der Waals surface area contributed by atoms with Crippen LogP contribution >= 0.6 is 0 Å². The fourth-order valence-corrected chi connectivity index (χ4v) is 1.60. The molecule has 2 rings (SSSR count). The molecule has 0 bridgehead atoms. The summed E-state index contributed by atoms with van der Waals surface area (Å²) < 4.78 is 24.7. The number of para-hydroxylation sites is 2. The van der Waals surface area contributed by atoms with Gasteiger partial charge in [0.1, 0.15) is 11.5 Å². The van der Waals surface area contributed by atoms with Gasteiger partial charge in [0.05, 0.1) is 0 Å². The Morgan fingerprint density at radius 3 is 1.70 bits per heavy atom. The zero-order valence-corrected chi connectivity index (χ0v) is 10.5. The fraction of sp³-hybridized carbons (Fsp3) is 0.133. The van der Waals surface area contributed by atoms with Gasteiger partial charge in [0.15, 0.2) is 6.42 Å². The average molecular weight is 276 g/mol. The summed E-state index contributed by atoms with van der Waals surface area (Å²) in [6, 6.07) is 13.4. The van der Waals surface area contributed by atoms with Gasteiger partial charge in [-0.2, -0.15) is 4.39 Å². The third kappa shape index (κ3) is 3.98. The first-order chi connectivity index (χ1) is 9.57. The number of ether oxygens (including phenoxy) is 2. The quantitative estimate of drug-likeness (QED) is 0.823. The number of aliphatic carboxylic acids is 1. The van der Waals surface area contributed by atoms with Crippen LogP contribution in [-0.2, 0) is 4.79 Å². The lowest BCUT2D eigenvalue weighted by molar-refractivity contribution is -0.223. The second kappa shape index (κ2) is 6.06. The molecule has 0 radical (unpaired) electrons. The van der Waals surface area contributed by atoms with E-state index in [1.165, 1.54) is 24.3 Å². The van der Waals surface area contributed by atoms with Gasteiger partial charge in [-0.25, -0.2) is 0 Å². The average Bonchev–Trinajstić information content (AvgIpc) is 2.39. The van der Waals surface area contributed by atoms with Gasteiger partial charge in [0, 0.05) is 0 Å². The highest BCUT2D eigenvalue weighted by molar-refractivity contribution is 5.67. The molecule has 0 amide bonds. The highest BCUT2D eigenvalue weighted by atomic mass is 19.2. The van der Waals surface area contributed by atoms with Gasteiger partial charge >= 0.3 is 12.0 Å². The predicted octanol–water partition coefficient (Wildman–Crippen LogP) is 3.24. The van der Waals surface area contributed by atoms with Gasteiger partial charge in [-0.15, -0.1) is 0 Å². The summed E-state index contributed by atoms with van der Waals surface area (Å²) in [5.41, 5.74) is 0. The van der Waals surface area contributed by atoms with Crippen LogP contribution in [0.5, 0.6) is 11.5 Å². The van der Waals surface area contributed by atoms with Crippen molar-refractivity contribution in [3.63, 3.8) is 0 Å². The number of hydrogen-bond acceptors (Lipinski definition) is 3. The molecule has 0 fully saturated rings. The number of carboxylic acids is 1. The van der Waals surface area contributed by atoms with Gasteiger partial charge in [-0.3, -0.25) is 4.79 Å². The lowest BCUT2D eigenvalue weighted by atomic mass is 10.3. The maximum atomic E-state index is 14.6. The number of benzene rings is 2. The van der Waals surface area contributed by atoms with Crippen LogP contribution in [0.2, 0.25) is 0 Å². The van der Waals surface area contributed by atoms with Crippen LogP contribution in [0.25, 0.3) is 0 Å². The molecule has 0 aromatic heterocycles. The Morgan fingerprint density at radius 2 is 1.35 bits per heavy atom. The molecule has 0 saturated heterocycles. The van der Waals surface area contributed by atoms with Crippen LogP contribution in [-0.4, -0.2) is 17.1 Å². The van der Waals surface area contributed by atoms with Crippen molar-refractivity contribution in [3.05, 3.63) is 60.7 Å². The Balaban J connectivity index is 2.19. The van der Waals surface area contributed by atoms with Crippen LogP contribution in [0.4, 0.5) is 4.39 Å². The maximum absolute atomic E-state index is 14.6. The van der Waals surface area contributed by atoms with Crippen LogP contribution in [0.3, 0.4) is 0 Å². The van der Waals surface area contributed by atoms with Crippen molar-refractivity contribution in [1.29, 1.82) is 0 Å². The second-order valence-corrected chi connectivity index (χ2v) is 4.06. The predicted molar refractivity (Wildman–Crippen MR) is 70.2 cm³/mol. The summed E-state index contributed by atoms with van der Waals surface area (Å²) in [7, 11) is 0. The molecule has 20 heavy (non-hydrogen) atoms. The zero-order valence-electron chi connectivity index (χ0n) is 10.5. The smallest absolute Gasteiger partial charge is 0.418 e. The number of alkyl halides is 1. The summed E-state index contributed by atoms with van der Waals surface area (Å²) in [5.74, 6) is -0.987. The van der Waals surface area contributed by atoms with Crippen LogP contribution in [0.15, 0.2) is 60.7 Å². The molecule has 1 N–H and O–H groups in total. The van der Waals surface area contributed by atoms with Gasteiger partial charge in [0.25, 0.3) is 0 Å². The van der Waals surface area contributed by atoms with E-state index in [9.17, 15) is 9.18 Å². The first-order valence-electron chi connectivity index (χ1n) is 5.96. The summed E-state index contributed by atoms with van der Waals surface area (Å²) in [6.07, 6.45) is -0.934. The van der Waals surface area contributed by atoms with E-state index in [1.54, 1.807) is 36.4 Å². The molecular weight excluding hydrogens is 263 g/mol. The van der Waals surface area contributed by atoms with E-state index in [2.05, 4.69) is 0 Å². The normalized spacial score (nSPS) is 10.8. The lowest BCUT2D eigenvalue weighted by Gasteiger charge is -2.25.